The molecule has 0 N–H and O–H groups in total. The van der Waals surface area contributed by atoms with Crippen LogP contribution in [0, 0.1) is 0 Å². The van der Waals surface area contributed by atoms with E-state index in [4.69, 9.17) is 14.2 Å². The molecule has 4 nitrogen and oxygen atoms in total. The number of hydrogen-bond acceptors (Lipinski definition) is 4. The molecule has 0 unspecified atom stereocenters. The highest BCUT2D eigenvalue weighted by molar-refractivity contribution is 5.69. The van der Waals surface area contributed by atoms with Crippen molar-refractivity contribution in [1.82, 2.24) is 4.98 Å². The number of nitrogens with zero attached hydrogens (tertiary/aromatic N) is 1. The van der Waals surface area contributed by atoms with E-state index in [9.17, 15) is 0 Å². The van der Waals surface area contributed by atoms with Crippen LogP contribution in [0.2, 0.25) is 0 Å². The Balaban J connectivity index is 1.46. The van der Waals surface area contributed by atoms with E-state index in [0.717, 1.165) is 46.1 Å². The minimum absolute atomic E-state index is 0.488. The summed E-state index contributed by atoms with van der Waals surface area (Å²) in [7, 11) is 0. The van der Waals surface area contributed by atoms with Crippen molar-refractivity contribution < 1.29 is 14.2 Å². The zero-order valence-corrected chi connectivity index (χ0v) is 21.5. The first-order valence-electron chi connectivity index (χ1n) is 12.6. The number of benzene rings is 3. The second-order valence-electron chi connectivity index (χ2n) is 8.79. The Bertz CT molecular complexity index is 1230. The summed E-state index contributed by atoms with van der Waals surface area (Å²) in [5.74, 6) is 2.26. The third-order valence-corrected chi connectivity index (χ3v) is 5.62. The monoisotopic (exact) mass is 491 g/mol. The van der Waals surface area contributed by atoms with E-state index >= 15 is 0 Å². The molecule has 0 amide bonds. The maximum absolute atomic E-state index is 6.11. The van der Waals surface area contributed by atoms with Crippen LogP contribution >= 0.6 is 0 Å². The van der Waals surface area contributed by atoms with E-state index in [0.29, 0.717) is 19.8 Å². The molecule has 0 saturated carbocycles. The van der Waals surface area contributed by atoms with E-state index in [-0.39, 0.29) is 0 Å². The van der Waals surface area contributed by atoms with Crippen LogP contribution in [0.25, 0.3) is 12.2 Å². The lowest BCUT2D eigenvalue weighted by Crippen LogP contribution is -1.99. The highest BCUT2D eigenvalue weighted by Crippen LogP contribution is 2.26. The number of aromatic nitrogens is 1. The molecule has 0 bridgehead atoms. The van der Waals surface area contributed by atoms with Crippen molar-refractivity contribution >= 4 is 12.2 Å². The molecule has 4 heteroatoms. The third kappa shape index (κ3) is 8.69. The van der Waals surface area contributed by atoms with Gasteiger partial charge in [-0.2, -0.15) is 0 Å². The fraction of sp³-hybridized carbons (Fsp3) is 0.182. The van der Waals surface area contributed by atoms with Gasteiger partial charge in [0, 0.05) is 6.07 Å². The predicted molar refractivity (Wildman–Crippen MR) is 151 cm³/mol. The van der Waals surface area contributed by atoms with Crippen LogP contribution in [-0.4, -0.2) is 11.6 Å². The Hall–Kier alpha value is -4.31. The SMILES string of the molecule is CC/C=C(/C)COc1ccc(/C=C/c2cc(OCc3ccccc3)cc(OCc3ccccc3)c2)nc1. The van der Waals surface area contributed by atoms with Crippen LogP contribution in [0.4, 0.5) is 0 Å². The molecule has 0 saturated heterocycles. The minimum atomic E-state index is 0.488. The zero-order valence-electron chi connectivity index (χ0n) is 21.5. The first-order valence-corrected chi connectivity index (χ1v) is 12.6. The molecule has 0 spiro atoms. The van der Waals surface area contributed by atoms with Gasteiger partial charge in [0.2, 0.25) is 0 Å². The average molecular weight is 492 g/mol. The van der Waals surface area contributed by atoms with E-state index in [1.165, 1.54) is 5.57 Å². The van der Waals surface area contributed by atoms with Crippen LogP contribution in [0.5, 0.6) is 17.2 Å². The lowest BCUT2D eigenvalue weighted by atomic mass is 10.1. The smallest absolute Gasteiger partial charge is 0.138 e. The topological polar surface area (TPSA) is 40.6 Å². The molecule has 188 valence electrons. The molecule has 0 radical (unpaired) electrons. The first-order chi connectivity index (χ1) is 18.2. The minimum Gasteiger partial charge on any atom is -0.489 e. The molecule has 1 heterocycles. The average Bonchev–Trinajstić information content (AvgIpc) is 2.94. The fourth-order valence-corrected chi connectivity index (χ4v) is 3.70. The summed E-state index contributed by atoms with van der Waals surface area (Å²) in [6, 6.07) is 30.1. The summed E-state index contributed by atoms with van der Waals surface area (Å²) < 4.78 is 18.0. The molecular formula is C33H33NO3. The second-order valence-corrected chi connectivity index (χ2v) is 8.79. The number of allylic oxidation sites excluding steroid dienone is 1. The van der Waals surface area contributed by atoms with Gasteiger partial charge < -0.3 is 14.2 Å². The Kier molecular flexibility index (Phi) is 9.54. The van der Waals surface area contributed by atoms with Gasteiger partial charge in [-0.3, -0.25) is 4.98 Å². The maximum atomic E-state index is 6.11. The van der Waals surface area contributed by atoms with Crippen LogP contribution in [0.1, 0.15) is 42.7 Å². The molecule has 0 fully saturated rings. The van der Waals surface area contributed by atoms with Gasteiger partial charge in [0.15, 0.2) is 0 Å². The first kappa shape index (κ1) is 25.8. The van der Waals surface area contributed by atoms with Crippen LogP contribution in [-0.2, 0) is 13.2 Å². The van der Waals surface area contributed by atoms with Crippen molar-refractivity contribution in [3.05, 3.63) is 131 Å². The van der Waals surface area contributed by atoms with Crippen LogP contribution in [0.3, 0.4) is 0 Å². The molecular weight excluding hydrogens is 458 g/mol. The predicted octanol–water partition coefficient (Wildman–Crippen LogP) is 8.15. The van der Waals surface area contributed by atoms with Crippen molar-refractivity contribution in [2.24, 2.45) is 0 Å². The highest BCUT2D eigenvalue weighted by atomic mass is 16.5. The third-order valence-electron chi connectivity index (χ3n) is 5.62. The maximum Gasteiger partial charge on any atom is 0.138 e. The van der Waals surface area contributed by atoms with Crippen molar-refractivity contribution in [1.29, 1.82) is 0 Å². The molecule has 0 atom stereocenters. The summed E-state index contributed by atoms with van der Waals surface area (Å²) in [6.45, 7) is 5.75. The van der Waals surface area contributed by atoms with Gasteiger partial charge >= 0.3 is 0 Å². The summed E-state index contributed by atoms with van der Waals surface area (Å²) >= 11 is 0. The Morgan fingerprint density at radius 1 is 0.703 bits per heavy atom. The molecule has 4 rings (SSSR count). The van der Waals surface area contributed by atoms with Crippen molar-refractivity contribution in [3.63, 3.8) is 0 Å². The highest BCUT2D eigenvalue weighted by Gasteiger charge is 2.04. The van der Waals surface area contributed by atoms with Gasteiger partial charge in [-0.1, -0.05) is 79.7 Å². The van der Waals surface area contributed by atoms with E-state index in [1.807, 2.05) is 78.9 Å². The largest absolute Gasteiger partial charge is 0.489 e. The molecule has 37 heavy (non-hydrogen) atoms. The second kappa shape index (κ2) is 13.7. The number of hydrogen-bond donors (Lipinski definition) is 0. The van der Waals surface area contributed by atoms with Crippen LogP contribution < -0.4 is 14.2 Å². The normalized spacial score (nSPS) is 11.5. The Morgan fingerprint density at radius 3 is 1.86 bits per heavy atom. The molecule has 4 aromatic rings. The van der Waals surface area contributed by atoms with Crippen molar-refractivity contribution in [2.75, 3.05) is 6.61 Å². The van der Waals surface area contributed by atoms with Crippen molar-refractivity contribution in [2.45, 2.75) is 33.5 Å². The number of ether oxygens (including phenoxy) is 3. The summed E-state index contributed by atoms with van der Waals surface area (Å²) in [4.78, 5) is 4.52. The van der Waals surface area contributed by atoms with Crippen LogP contribution in [0.15, 0.2) is 109 Å². The summed E-state index contributed by atoms with van der Waals surface area (Å²) in [5, 5.41) is 0. The molecule has 3 aromatic carbocycles. The quantitative estimate of drug-likeness (QED) is 0.188. The lowest BCUT2D eigenvalue weighted by Gasteiger charge is -2.12. The van der Waals surface area contributed by atoms with Gasteiger partial charge in [-0.05, 0) is 65.9 Å². The molecule has 0 aliphatic heterocycles. The fourth-order valence-electron chi connectivity index (χ4n) is 3.70. The van der Waals surface area contributed by atoms with Gasteiger partial charge in [0.25, 0.3) is 0 Å². The molecule has 0 aliphatic rings. The van der Waals surface area contributed by atoms with Gasteiger partial charge in [0.1, 0.15) is 37.1 Å². The summed E-state index contributed by atoms with van der Waals surface area (Å²) in [6.07, 6.45) is 8.92. The zero-order chi connectivity index (χ0) is 25.7. The Morgan fingerprint density at radius 2 is 1.32 bits per heavy atom. The van der Waals surface area contributed by atoms with Gasteiger partial charge in [-0.15, -0.1) is 0 Å². The lowest BCUT2D eigenvalue weighted by molar-refractivity contribution is 0.290. The number of pyridine rings is 1. The molecule has 0 aliphatic carbocycles. The number of rotatable bonds is 12. The van der Waals surface area contributed by atoms with Gasteiger partial charge in [-0.25, -0.2) is 0 Å². The van der Waals surface area contributed by atoms with E-state index in [1.54, 1.807) is 6.20 Å². The standard InChI is InChI=1S/C33H33NO3/c1-3-10-26(2)23-35-31-18-17-30(34-22-31)16-15-29-19-32(36-24-27-11-6-4-7-12-27)21-33(20-29)37-25-28-13-8-5-9-14-28/h4-22H,3,23-25H2,1-2H3/b16-15+,26-10-. The Labute approximate surface area is 219 Å². The summed E-state index contributed by atoms with van der Waals surface area (Å²) in [5.41, 5.74) is 5.25. The van der Waals surface area contributed by atoms with Gasteiger partial charge in [0.05, 0.1) is 11.9 Å². The van der Waals surface area contributed by atoms with E-state index in [2.05, 4.69) is 49.2 Å². The van der Waals surface area contributed by atoms with Crippen molar-refractivity contribution in [3.8, 4) is 17.2 Å². The van der Waals surface area contributed by atoms with E-state index < -0.39 is 0 Å². The molecule has 1 aromatic heterocycles.